The molecule has 1 aliphatic rings. The summed E-state index contributed by atoms with van der Waals surface area (Å²) in [6.45, 7) is 1.79. The fourth-order valence-corrected chi connectivity index (χ4v) is 3.25. The predicted octanol–water partition coefficient (Wildman–Crippen LogP) is 0.676. The molecule has 0 aromatic heterocycles. The molecule has 18 heavy (non-hydrogen) atoms. The molecule has 0 aromatic carbocycles. The van der Waals surface area contributed by atoms with E-state index < -0.39 is 10.8 Å². The number of carbonyl (C=O) groups excluding carboxylic acids is 1. The van der Waals surface area contributed by atoms with Crippen molar-refractivity contribution in [3.05, 3.63) is 0 Å². The van der Waals surface area contributed by atoms with Gasteiger partial charge in [0.2, 0.25) is 5.91 Å². The minimum Gasteiger partial charge on any atom is -0.381 e. The van der Waals surface area contributed by atoms with E-state index in [9.17, 15) is 9.00 Å². The van der Waals surface area contributed by atoms with Gasteiger partial charge in [0.25, 0.3) is 0 Å². The van der Waals surface area contributed by atoms with Crippen molar-refractivity contribution in [2.75, 3.05) is 32.6 Å². The Balaban J connectivity index is 2.24. The fourth-order valence-electron chi connectivity index (χ4n) is 1.83. The quantitative estimate of drug-likeness (QED) is 0.713. The van der Waals surface area contributed by atoms with Crippen LogP contribution < -0.4 is 0 Å². The predicted molar refractivity (Wildman–Crippen MR) is 69.3 cm³/mol. The van der Waals surface area contributed by atoms with E-state index in [1.54, 1.807) is 7.05 Å². The van der Waals surface area contributed by atoms with E-state index in [4.69, 9.17) is 10.00 Å². The van der Waals surface area contributed by atoms with Gasteiger partial charge in [0.1, 0.15) is 0 Å². The molecule has 1 unspecified atom stereocenters. The lowest BCUT2D eigenvalue weighted by molar-refractivity contribution is -0.129. The van der Waals surface area contributed by atoms with Gasteiger partial charge in [0.05, 0.1) is 12.5 Å². The summed E-state index contributed by atoms with van der Waals surface area (Å²) >= 11 is 0. The minimum atomic E-state index is -0.942. The van der Waals surface area contributed by atoms with E-state index in [-0.39, 0.29) is 11.2 Å². The van der Waals surface area contributed by atoms with Crippen LogP contribution in [-0.2, 0) is 20.3 Å². The van der Waals surface area contributed by atoms with Crippen LogP contribution in [0.25, 0.3) is 0 Å². The molecule has 1 heterocycles. The molecule has 0 bridgehead atoms. The highest BCUT2D eigenvalue weighted by Gasteiger charge is 2.21. The highest BCUT2D eigenvalue weighted by atomic mass is 32.2. The van der Waals surface area contributed by atoms with E-state index in [2.05, 4.69) is 0 Å². The molecule has 1 rings (SSSR count). The summed E-state index contributed by atoms with van der Waals surface area (Å²) in [5, 5.41) is 8.61. The zero-order valence-corrected chi connectivity index (χ0v) is 11.6. The molecule has 0 N–H and O–H groups in total. The highest BCUT2D eigenvalue weighted by molar-refractivity contribution is 7.85. The zero-order chi connectivity index (χ0) is 13.4. The first-order valence-electron chi connectivity index (χ1n) is 6.21. The van der Waals surface area contributed by atoms with Crippen molar-refractivity contribution >= 4 is 16.7 Å². The SMILES string of the molecule is CN(CCC#N)C(=O)CCS(=O)C1CCOCC1. The van der Waals surface area contributed by atoms with Gasteiger partial charge in [-0.3, -0.25) is 9.00 Å². The Kier molecular flexibility index (Phi) is 6.91. The van der Waals surface area contributed by atoms with Crippen molar-refractivity contribution in [1.82, 2.24) is 4.90 Å². The Hall–Kier alpha value is -0.930. The smallest absolute Gasteiger partial charge is 0.223 e. The van der Waals surface area contributed by atoms with Gasteiger partial charge in [-0.1, -0.05) is 0 Å². The van der Waals surface area contributed by atoms with E-state index >= 15 is 0 Å². The maximum absolute atomic E-state index is 12.0. The highest BCUT2D eigenvalue weighted by Crippen LogP contribution is 2.14. The summed E-state index contributed by atoms with van der Waals surface area (Å²) < 4.78 is 17.2. The number of carbonyl (C=O) groups is 1. The second-order valence-corrected chi connectivity index (χ2v) is 6.21. The lowest BCUT2D eigenvalue weighted by Gasteiger charge is -2.22. The first-order valence-corrected chi connectivity index (χ1v) is 7.59. The molecule has 1 fully saturated rings. The number of nitriles is 1. The Morgan fingerprint density at radius 2 is 2.17 bits per heavy atom. The average Bonchev–Trinajstić information content (AvgIpc) is 2.42. The van der Waals surface area contributed by atoms with Gasteiger partial charge in [0.15, 0.2) is 0 Å². The summed E-state index contributed by atoms with van der Waals surface area (Å²) in [5.41, 5.74) is 0. The van der Waals surface area contributed by atoms with Gasteiger partial charge >= 0.3 is 0 Å². The summed E-state index contributed by atoms with van der Waals surface area (Å²) in [6.07, 6.45) is 2.29. The molecule has 0 radical (unpaired) electrons. The molecule has 6 heteroatoms. The van der Waals surface area contributed by atoms with Crippen LogP contribution in [0.3, 0.4) is 0 Å². The van der Waals surface area contributed by atoms with Crippen molar-refractivity contribution < 1.29 is 13.7 Å². The van der Waals surface area contributed by atoms with Crippen LogP contribution in [-0.4, -0.2) is 52.8 Å². The maximum atomic E-state index is 12.0. The summed E-state index contributed by atoms with van der Waals surface area (Å²) in [4.78, 5) is 13.2. The molecule has 1 amide bonds. The normalized spacial score (nSPS) is 18.0. The summed E-state index contributed by atoms with van der Waals surface area (Å²) in [6, 6.07) is 2.00. The van der Waals surface area contributed by atoms with Crippen molar-refractivity contribution in [3.63, 3.8) is 0 Å². The molecule has 0 aromatic rings. The number of nitrogens with zero attached hydrogens (tertiary/aromatic N) is 2. The molecule has 102 valence electrons. The van der Waals surface area contributed by atoms with Crippen LogP contribution in [0, 0.1) is 11.3 Å². The lowest BCUT2D eigenvalue weighted by atomic mass is 10.2. The third-order valence-electron chi connectivity index (χ3n) is 3.04. The number of hydrogen-bond donors (Lipinski definition) is 0. The molecule has 0 spiro atoms. The molecule has 5 nitrogen and oxygen atoms in total. The Morgan fingerprint density at radius 1 is 1.50 bits per heavy atom. The minimum absolute atomic E-state index is 0.0364. The average molecular weight is 272 g/mol. The second kappa shape index (κ2) is 8.22. The lowest BCUT2D eigenvalue weighted by Crippen LogP contribution is -2.31. The monoisotopic (exact) mass is 272 g/mol. The van der Waals surface area contributed by atoms with Gasteiger partial charge in [0, 0.05) is 55.0 Å². The van der Waals surface area contributed by atoms with Crippen LogP contribution in [0.5, 0.6) is 0 Å². The largest absolute Gasteiger partial charge is 0.381 e. The summed E-state index contributed by atoms with van der Waals surface area (Å²) in [7, 11) is 0.736. The molecule has 0 aliphatic carbocycles. The van der Waals surface area contributed by atoms with Crippen LogP contribution in [0.15, 0.2) is 0 Å². The van der Waals surface area contributed by atoms with Gasteiger partial charge < -0.3 is 9.64 Å². The standard InChI is InChI=1S/C12H20N2O3S/c1-14(7-2-6-13)12(15)5-10-18(16)11-3-8-17-9-4-11/h11H,2-5,7-10H2,1H3. The van der Waals surface area contributed by atoms with Crippen molar-refractivity contribution in [1.29, 1.82) is 5.26 Å². The van der Waals surface area contributed by atoms with Crippen LogP contribution >= 0.6 is 0 Å². The first-order chi connectivity index (χ1) is 8.65. The van der Waals surface area contributed by atoms with Crippen molar-refractivity contribution in [2.24, 2.45) is 0 Å². The molecular formula is C12H20N2O3S. The number of rotatable bonds is 6. The third kappa shape index (κ3) is 5.15. The molecule has 1 atom stereocenters. The first kappa shape index (κ1) is 15.1. The van der Waals surface area contributed by atoms with E-state index in [1.807, 2.05) is 6.07 Å². The Bertz CT molecular complexity index is 335. The van der Waals surface area contributed by atoms with Crippen molar-refractivity contribution in [2.45, 2.75) is 30.9 Å². The summed E-state index contributed by atoms with van der Waals surface area (Å²) in [5.74, 6) is 0.381. The topological polar surface area (TPSA) is 70.4 Å². The van der Waals surface area contributed by atoms with E-state index in [0.29, 0.717) is 38.4 Å². The van der Waals surface area contributed by atoms with Crippen LogP contribution in [0.2, 0.25) is 0 Å². The molecule has 1 aliphatic heterocycles. The third-order valence-corrected chi connectivity index (χ3v) is 4.86. The molecular weight excluding hydrogens is 252 g/mol. The van der Waals surface area contributed by atoms with E-state index in [1.165, 1.54) is 4.90 Å². The van der Waals surface area contributed by atoms with E-state index in [0.717, 1.165) is 12.8 Å². The Labute approximate surface area is 111 Å². The number of ether oxygens (including phenoxy) is 1. The molecule has 1 saturated heterocycles. The molecule has 0 saturated carbocycles. The van der Waals surface area contributed by atoms with Gasteiger partial charge in [-0.25, -0.2) is 0 Å². The van der Waals surface area contributed by atoms with Crippen LogP contribution in [0.4, 0.5) is 0 Å². The number of amides is 1. The fraction of sp³-hybridized carbons (Fsp3) is 0.833. The number of hydrogen-bond acceptors (Lipinski definition) is 4. The second-order valence-electron chi connectivity index (χ2n) is 4.37. The van der Waals surface area contributed by atoms with Gasteiger partial charge in [-0.2, -0.15) is 5.26 Å². The van der Waals surface area contributed by atoms with Gasteiger partial charge in [-0.05, 0) is 12.8 Å². The Morgan fingerprint density at radius 3 is 2.78 bits per heavy atom. The van der Waals surface area contributed by atoms with Crippen LogP contribution in [0.1, 0.15) is 25.7 Å². The van der Waals surface area contributed by atoms with Gasteiger partial charge in [-0.15, -0.1) is 0 Å². The zero-order valence-electron chi connectivity index (χ0n) is 10.8. The maximum Gasteiger partial charge on any atom is 0.223 e. The van der Waals surface area contributed by atoms with Crippen molar-refractivity contribution in [3.8, 4) is 6.07 Å².